The lowest BCUT2D eigenvalue weighted by Gasteiger charge is -2.58. The van der Waals surface area contributed by atoms with E-state index in [1.807, 2.05) is 0 Å². The first kappa shape index (κ1) is 15.3. The van der Waals surface area contributed by atoms with Crippen molar-refractivity contribution in [2.75, 3.05) is 0 Å². The van der Waals surface area contributed by atoms with Crippen LogP contribution >= 0.6 is 0 Å². The van der Waals surface area contributed by atoms with Crippen molar-refractivity contribution in [1.29, 1.82) is 0 Å². The van der Waals surface area contributed by atoms with E-state index in [4.69, 9.17) is 0 Å². The lowest BCUT2D eigenvalue weighted by atomic mass is 9.46. The summed E-state index contributed by atoms with van der Waals surface area (Å²) < 4.78 is 0. The lowest BCUT2D eigenvalue weighted by molar-refractivity contribution is -0.134. The normalized spacial score (nSPS) is 49.0. The highest BCUT2D eigenvalue weighted by Gasteiger charge is 2.60. The highest BCUT2D eigenvalue weighted by molar-refractivity contribution is 5.92. The summed E-state index contributed by atoms with van der Waals surface area (Å²) in [5.74, 6) is 1.93. The average Bonchev–Trinajstić information content (AvgIpc) is 2.83. The standard InChI is InChI=1S/C20H26O3/c1-19-7-5-13(22)10-17(19)12(11-21)9-14-15-3-4-18(23)20(15,2)8-6-16(14)19/h10-12,14-16H,3-9H2,1-2H3/t12?,14-,15-,16-,19+,20-/m0/s1. The fourth-order valence-electron chi connectivity index (χ4n) is 6.60. The van der Waals surface area contributed by atoms with Crippen molar-refractivity contribution in [2.45, 2.75) is 58.8 Å². The monoisotopic (exact) mass is 314 g/mol. The van der Waals surface area contributed by atoms with Crippen molar-refractivity contribution in [3.63, 3.8) is 0 Å². The van der Waals surface area contributed by atoms with Crippen LogP contribution in [0.5, 0.6) is 0 Å². The van der Waals surface area contributed by atoms with E-state index < -0.39 is 0 Å². The first-order chi connectivity index (χ1) is 10.9. The maximum absolute atomic E-state index is 12.4. The molecule has 0 amide bonds. The number of ketones is 2. The topological polar surface area (TPSA) is 51.2 Å². The second-order valence-electron chi connectivity index (χ2n) is 8.76. The zero-order valence-corrected chi connectivity index (χ0v) is 14.1. The van der Waals surface area contributed by atoms with Crippen LogP contribution in [0.3, 0.4) is 0 Å². The molecule has 0 aromatic carbocycles. The quantitative estimate of drug-likeness (QED) is 0.696. The molecule has 6 atom stereocenters. The molecule has 0 heterocycles. The van der Waals surface area contributed by atoms with Crippen LogP contribution in [0.4, 0.5) is 0 Å². The molecule has 0 radical (unpaired) electrons. The molecule has 3 fully saturated rings. The number of aldehydes is 1. The van der Waals surface area contributed by atoms with Crippen LogP contribution in [0.1, 0.15) is 58.8 Å². The number of fused-ring (bicyclic) bond motifs is 5. The van der Waals surface area contributed by atoms with Crippen molar-refractivity contribution in [3.05, 3.63) is 11.6 Å². The Morgan fingerprint density at radius 1 is 1.04 bits per heavy atom. The third-order valence-electron chi connectivity index (χ3n) is 7.92. The summed E-state index contributed by atoms with van der Waals surface area (Å²) in [7, 11) is 0. The molecule has 0 bridgehead atoms. The molecule has 0 saturated heterocycles. The van der Waals surface area contributed by atoms with Gasteiger partial charge in [-0.3, -0.25) is 9.59 Å². The highest BCUT2D eigenvalue weighted by atomic mass is 16.1. The molecule has 4 aliphatic carbocycles. The van der Waals surface area contributed by atoms with Gasteiger partial charge in [-0.25, -0.2) is 0 Å². The molecule has 0 N–H and O–H groups in total. The van der Waals surface area contributed by atoms with E-state index in [-0.39, 0.29) is 22.5 Å². The van der Waals surface area contributed by atoms with Gasteiger partial charge in [0.25, 0.3) is 0 Å². The summed E-state index contributed by atoms with van der Waals surface area (Å²) in [6.45, 7) is 4.44. The number of Topliss-reactive ketones (excluding diaryl/α,β-unsaturated/α-hetero) is 1. The maximum atomic E-state index is 12.4. The molecule has 1 unspecified atom stereocenters. The van der Waals surface area contributed by atoms with E-state index in [0.717, 1.165) is 44.0 Å². The Balaban J connectivity index is 1.77. The summed E-state index contributed by atoms with van der Waals surface area (Å²) >= 11 is 0. The number of rotatable bonds is 1. The Bertz CT molecular complexity index is 618. The largest absolute Gasteiger partial charge is 0.303 e. The van der Waals surface area contributed by atoms with Gasteiger partial charge in [0.1, 0.15) is 12.1 Å². The second-order valence-corrected chi connectivity index (χ2v) is 8.76. The lowest BCUT2D eigenvalue weighted by Crippen LogP contribution is -2.53. The minimum atomic E-state index is -0.156. The van der Waals surface area contributed by atoms with E-state index in [0.29, 0.717) is 36.4 Å². The van der Waals surface area contributed by atoms with Crippen molar-refractivity contribution < 1.29 is 14.4 Å². The SMILES string of the molecule is C[C@]12CCC(=O)C=C1C(C=O)C[C@@H]1[C@@H]2CC[C@]2(C)C(=O)CC[C@@H]12. The maximum Gasteiger partial charge on any atom is 0.155 e. The van der Waals surface area contributed by atoms with Gasteiger partial charge in [-0.1, -0.05) is 19.4 Å². The van der Waals surface area contributed by atoms with Crippen molar-refractivity contribution in [2.24, 2.45) is 34.5 Å². The smallest absolute Gasteiger partial charge is 0.155 e. The van der Waals surface area contributed by atoms with Crippen LogP contribution in [-0.2, 0) is 14.4 Å². The van der Waals surface area contributed by atoms with Crippen LogP contribution < -0.4 is 0 Å². The third-order valence-corrected chi connectivity index (χ3v) is 7.92. The van der Waals surface area contributed by atoms with Gasteiger partial charge in [0.2, 0.25) is 0 Å². The number of carbonyl (C=O) groups is 3. The van der Waals surface area contributed by atoms with Crippen LogP contribution in [0, 0.1) is 34.5 Å². The van der Waals surface area contributed by atoms with Gasteiger partial charge in [-0.15, -0.1) is 0 Å². The van der Waals surface area contributed by atoms with Crippen LogP contribution in [0.25, 0.3) is 0 Å². The van der Waals surface area contributed by atoms with E-state index in [1.54, 1.807) is 6.08 Å². The molecule has 3 heteroatoms. The summed E-state index contributed by atoms with van der Waals surface area (Å²) in [6, 6.07) is 0. The van der Waals surface area contributed by atoms with Crippen LogP contribution in [0.2, 0.25) is 0 Å². The summed E-state index contributed by atoms with van der Waals surface area (Å²) in [5, 5.41) is 0. The zero-order valence-electron chi connectivity index (χ0n) is 14.1. The predicted molar refractivity (Wildman–Crippen MR) is 86.7 cm³/mol. The Hall–Kier alpha value is -1.25. The molecule has 23 heavy (non-hydrogen) atoms. The Morgan fingerprint density at radius 2 is 1.78 bits per heavy atom. The molecule has 3 nitrogen and oxygen atoms in total. The Kier molecular flexibility index (Phi) is 3.24. The fraction of sp³-hybridized carbons (Fsp3) is 0.750. The molecule has 0 aromatic rings. The molecular formula is C20H26O3. The number of hydrogen-bond acceptors (Lipinski definition) is 3. The first-order valence-corrected chi connectivity index (χ1v) is 9.13. The van der Waals surface area contributed by atoms with Crippen LogP contribution in [0.15, 0.2) is 11.6 Å². The minimum Gasteiger partial charge on any atom is -0.303 e. The van der Waals surface area contributed by atoms with Gasteiger partial charge in [-0.05, 0) is 61.3 Å². The molecule has 0 aromatic heterocycles. The third kappa shape index (κ3) is 1.91. The van der Waals surface area contributed by atoms with E-state index >= 15 is 0 Å². The van der Waals surface area contributed by atoms with Crippen molar-refractivity contribution in [1.82, 2.24) is 0 Å². The molecule has 4 aliphatic rings. The van der Waals surface area contributed by atoms with Crippen molar-refractivity contribution in [3.8, 4) is 0 Å². The van der Waals surface area contributed by atoms with E-state index in [9.17, 15) is 14.4 Å². The van der Waals surface area contributed by atoms with E-state index in [2.05, 4.69) is 13.8 Å². The van der Waals surface area contributed by atoms with Crippen molar-refractivity contribution >= 4 is 17.9 Å². The predicted octanol–water partition coefficient (Wildman–Crippen LogP) is 3.51. The summed E-state index contributed by atoms with van der Waals surface area (Å²) in [5.41, 5.74) is 0.921. The van der Waals surface area contributed by atoms with E-state index in [1.165, 1.54) is 0 Å². The van der Waals surface area contributed by atoms with Gasteiger partial charge < -0.3 is 4.79 Å². The number of allylic oxidation sites excluding steroid dienone is 1. The molecule has 124 valence electrons. The molecule has 3 saturated carbocycles. The molecular weight excluding hydrogens is 288 g/mol. The second kappa shape index (κ2) is 4.87. The molecule has 0 aliphatic heterocycles. The zero-order chi connectivity index (χ0) is 16.4. The Morgan fingerprint density at radius 3 is 2.52 bits per heavy atom. The summed E-state index contributed by atoms with van der Waals surface area (Å²) in [6.07, 6.45) is 8.93. The highest BCUT2D eigenvalue weighted by Crippen LogP contribution is 2.65. The summed E-state index contributed by atoms with van der Waals surface area (Å²) in [4.78, 5) is 36.1. The minimum absolute atomic E-state index is 0.0185. The van der Waals surface area contributed by atoms with Gasteiger partial charge in [0.05, 0.1) is 0 Å². The van der Waals surface area contributed by atoms with Gasteiger partial charge in [0.15, 0.2) is 5.78 Å². The molecule has 0 spiro atoms. The van der Waals surface area contributed by atoms with Gasteiger partial charge in [-0.2, -0.15) is 0 Å². The fourth-order valence-corrected chi connectivity index (χ4v) is 6.60. The number of hydrogen-bond donors (Lipinski definition) is 0. The number of carbonyl (C=O) groups excluding carboxylic acids is 3. The van der Waals surface area contributed by atoms with Gasteiger partial charge in [0, 0.05) is 24.2 Å². The van der Waals surface area contributed by atoms with Crippen LogP contribution in [-0.4, -0.2) is 17.9 Å². The first-order valence-electron chi connectivity index (χ1n) is 9.13. The molecule has 4 rings (SSSR count). The average molecular weight is 314 g/mol. The Labute approximate surface area is 137 Å². The van der Waals surface area contributed by atoms with Gasteiger partial charge >= 0.3 is 0 Å².